The van der Waals surface area contributed by atoms with Gasteiger partial charge in [-0.3, -0.25) is 4.79 Å². The summed E-state index contributed by atoms with van der Waals surface area (Å²) in [6, 6.07) is 13.1. The molecule has 1 amide bonds. The van der Waals surface area contributed by atoms with E-state index in [1.807, 2.05) is 37.3 Å². The highest BCUT2D eigenvalue weighted by atomic mass is 35.5. The van der Waals surface area contributed by atoms with E-state index >= 15 is 0 Å². The summed E-state index contributed by atoms with van der Waals surface area (Å²) in [6.45, 7) is 2.57. The van der Waals surface area contributed by atoms with E-state index in [-0.39, 0.29) is 0 Å². The van der Waals surface area contributed by atoms with E-state index in [1.54, 1.807) is 12.1 Å². The molecule has 0 aliphatic carbocycles. The molecule has 0 aliphatic heterocycles. The van der Waals surface area contributed by atoms with Crippen LogP contribution in [-0.2, 0) is 6.54 Å². The minimum Gasteiger partial charge on any atom is -0.366 e. The summed E-state index contributed by atoms with van der Waals surface area (Å²) in [7, 11) is 0. The first-order valence-corrected chi connectivity index (χ1v) is 6.94. The van der Waals surface area contributed by atoms with Crippen LogP contribution in [0.15, 0.2) is 42.5 Å². The van der Waals surface area contributed by atoms with Gasteiger partial charge in [0, 0.05) is 10.6 Å². The first kappa shape index (κ1) is 13.6. The molecule has 106 valence electrons. The second-order valence-electron chi connectivity index (χ2n) is 4.90. The number of primary amides is 1. The Balaban J connectivity index is 2.03. The van der Waals surface area contributed by atoms with Crippen molar-refractivity contribution in [3.8, 4) is 0 Å². The fraction of sp³-hybridized carbons (Fsp3) is 0.125. The van der Waals surface area contributed by atoms with Crippen molar-refractivity contribution in [1.82, 2.24) is 9.55 Å². The van der Waals surface area contributed by atoms with Gasteiger partial charge in [-0.15, -0.1) is 0 Å². The summed E-state index contributed by atoms with van der Waals surface area (Å²) < 4.78 is 2.10. The Morgan fingerprint density at radius 3 is 2.76 bits per heavy atom. The smallest absolute Gasteiger partial charge is 0.248 e. The first-order valence-electron chi connectivity index (χ1n) is 6.56. The highest BCUT2D eigenvalue weighted by Crippen LogP contribution is 2.22. The number of para-hydroxylation sites is 2. The van der Waals surface area contributed by atoms with Gasteiger partial charge in [-0.05, 0) is 36.8 Å². The van der Waals surface area contributed by atoms with E-state index in [1.165, 1.54) is 0 Å². The second kappa shape index (κ2) is 5.22. The van der Waals surface area contributed by atoms with Crippen molar-refractivity contribution < 1.29 is 4.79 Å². The molecule has 0 saturated carbocycles. The fourth-order valence-corrected chi connectivity index (χ4v) is 2.63. The fourth-order valence-electron chi connectivity index (χ4n) is 2.39. The van der Waals surface area contributed by atoms with Crippen molar-refractivity contribution >= 4 is 28.5 Å². The van der Waals surface area contributed by atoms with Crippen molar-refractivity contribution in [3.05, 3.63) is 64.4 Å². The molecule has 0 saturated heterocycles. The van der Waals surface area contributed by atoms with Crippen molar-refractivity contribution in [2.45, 2.75) is 13.5 Å². The molecule has 0 atom stereocenters. The van der Waals surface area contributed by atoms with Gasteiger partial charge in [-0.1, -0.05) is 29.8 Å². The summed E-state index contributed by atoms with van der Waals surface area (Å²) in [5, 5.41) is 0.531. The highest BCUT2D eigenvalue weighted by Gasteiger charge is 2.10. The average molecular weight is 300 g/mol. The number of nitrogens with zero attached hydrogens (tertiary/aromatic N) is 2. The largest absolute Gasteiger partial charge is 0.366 e. The van der Waals surface area contributed by atoms with E-state index in [9.17, 15) is 4.79 Å². The van der Waals surface area contributed by atoms with Crippen LogP contribution in [0, 0.1) is 6.92 Å². The Kier molecular flexibility index (Phi) is 3.39. The maximum atomic E-state index is 11.2. The third-order valence-corrected chi connectivity index (χ3v) is 3.86. The summed E-state index contributed by atoms with van der Waals surface area (Å²) in [4.78, 5) is 15.7. The Morgan fingerprint density at radius 1 is 1.29 bits per heavy atom. The molecule has 0 radical (unpaired) electrons. The lowest BCUT2D eigenvalue weighted by molar-refractivity contribution is 0.100. The standard InChI is InChI=1S/C16H14ClN3O/c1-10-19-14-4-2-3-5-15(14)20(10)9-12-7-6-11(16(18)21)8-13(12)17/h2-8H,9H2,1H3,(H2,18,21). The molecular formula is C16H14ClN3O. The lowest BCUT2D eigenvalue weighted by atomic mass is 10.1. The molecule has 1 aromatic heterocycles. The number of amides is 1. The summed E-state index contributed by atoms with van der Waals surface area (Å²) >= 11 is 6.25. The molecule has 2 N–H and O–H groups in total. The number of aromatic nitrogens is 2. The number of hydrogen-bond donors (Lipinski definition) is 1. The van der Waals surface area contributed by atoms with Crippen LogP contribution in [0.3, 0.4) is 0 Å². The first-order chi connectivity index (χ1) is 10.1. The number of rotatable bonds is 3. The highest BCUT2D eigenvalue weighted by molar-refractivity contribution is 6.31. The maximum absolute atomic E-state index is 11.2. The summed E-state index contributed by atoms with van der Waals surface area (Å²) in [5.74, 6) is 0.443. The maximum Gasteiger partial charge on any atom is 0.248 e. The van der Waals surface area contributed by atoms with Gasteiger partial charge >= 0.3 is 0 Å². The second-order valence-corrected chi connectivity index (χ2v) is 5.31. The Morgan fingerprint density at radius 2 is 2.05 bits per heavy atom. The Bertz CT molecular complexity index is 839. The van der Waals surface area contributed by atoms with Crippen LogP contribution in [0.25, 0.3) is 11.0 Å². The van der Waals surface area contributed by atoms with Crippen LogP contribution in [0.5, 0.6) is 0 Å². The minimum atomic E-state index is -0.479. The van der Waals surface area contributed by atoms with Crippen molar-refractivity contribution in [2.75, 3.05) is 0 Å². The molecule has 21 heavy (non-hydrogen) atoms. The van der Waals surface area contributed by atoms with E-state index in [0.29, 0.717) is 17.1 Å². The van der Waals surface area contributed by atoms with Gasteiger partial charge in [-0.2, -0.15) is 0 Å². The van der Waals surface area contributed by atoms with Gasteiger partial charge in [0.05, 0.1) is 17.6 Å². The zero-order valence-corrected chi connectivity index (χ0v) is 12.3. The minimum absolute atomic E-state index is 0.413. The number of nitrogens with two attached hydrogens (primary N) is 1. The van der Waals surface area contributed by atoms with E-state index < -0.39 is 5.91 Å². The normalized spacial score (nSPS) is 11.0. The Hall–Kier alpha value is -2.33. The number of halogens is 1. The molecule has 4 nitrogen and oxygen atoms in total. The molecule has 3 rings (SSSR count). The molecule has 1 heterocycles. The van der Waals surface area contributed by atoms with Crippen molar-refractivity contribution in [1.29, 1.82) is 0 Å². The predicted octanol–water partition coefficient (Wildman–Crippen LogP) is 3.15. The number of aryl methyl sites for hydroxylation is 1. The molecule has 0 fully saturated rings. The summed E-state index contributed by atoms with van der Waals surface area (Å²) in [5.41, 5.74) is 8.61. The monoisotopic (exact) mass is 299 g/mol. The summed E-state index contributed by atoms with van der Waals surface area (Å²) in [6.07, 6.45) is 0. The lowest BCUT2D eigenvalue weighted by Gasteiger charge is -2.09. The molecule has 3 aromatic rings. The number of carbonyl (C=O) groups excluding carboxylic acids is 1. The molecule has 2 aromatic carbocycles. The van der Waals surface area contributed by atoms with Gasteiger partial charge in [0.15, 0.2) is 0 Å². The number of benzene rings is 2. The number of carbonyl (C=O) groups is 1. The van der Waals surface area contributed by atoms with Crippen LogP contribution in [-0.4, -0.2) is 15.5 Å². The van der Waals surface area contributed by atoms with Crippen molar-refractivity contribution in [2.24, 2.45) is 5.73 Å². The van der Waals surface area contributed by atoms with E-state index in [2.05, 4.69) is 9.55 Å². The SMILES string of the molecule is Cc1nc2ccccc2n1Cc1ccc(C(N)=O)cc1Cl. The topological polar surface area (TPSA) is 60.9 Å². The van der Waals surface area contributed by atoms with Crippen LogP contribution in [0.4, 0.5) is 0 Å². The third kappa shape index (κ3) is 2.50. The molecular weight excluding hydrogens is 286 g/mol. The molecule has 0 unspecified atom stereocenters. The van der Waals surface area contributed by atoms with Crippen LogP contribution in [0.1, 0.15) is 21.7 Å². The van der Waals surface area contributed by atoms with Gasteiger partial charge in [0.2, 0.25) is 5.91 Å². The van der Waals surface area contributed by atoms with Crippen molar-refractivity contribution in [3.63, 3.8) is 0 Å². The van der Waals surface area contributed by atoms with Gasteiger partial charge in [0.1, 0.15) is 5.82 Å². The molecule has 0 aliphatic rings. The Labute approximate surface area is 127 Å². The third-order valence-electron chi connectivity index (χ3n) is 3.51. The number of hydrogen-bond acceptors (Lipinski definition) is 2. The van der Waals surface area contributed by atoms with Gasteiger partial charge < -0.3 is 10.3 Å². The van der Waals surface area contributed by atoms with Gasteiger partial charge in [-0.25, -0.2) is 4.98 Å². The molecule has 5 heteroatoms. The van der Waals surface area contributed by atoms with Crippen LogP contribution < -0.4 is 5.73 Å². The van der Waals surface area contributed by atoms with Gasteiger partial charge in [0.25, 0.3) is 0 Å². The molecule has 0 bridgehead atoms. The predicted molar refractivity (Wildman–Crippen MR) is 83.5 cm³/mol. The molecule has 0 spiro atoms. The average Bonchev–Trinajstić information content (AvgIpc) is 2.77. The number of imidazole rings is 1. The van der Waals surface area contributed by atoms with Crippen LogP contribution in [0.2, 0.25) is 5.02 Å². The van der Waals surface area contributed by atoms with E-state index in [0.717, 1.165) is 22.4 Å². The number of fused-ring (bicyclic) bond motifs is 1. The zero-order valence-electron chi connectivity index (χ0n) is 11.5. The zero-order chi connectivity index (χ0) is 15.0. The lowest BCUT2D eigenvalue weighted by Crippen LogP contribution is -2.11. The van der Waals surface area contributed by atoms with E-state index in [4.69, 9.17) is 17.3 Å². The van der Waals surface area contributed by atoms with Crippen LogP contribution >= 0.6 is 11.6 Å². The quantitative estimate of drug-likeness (QED) is 0.807.